The van der Waals surface area contributed by atoms with Crippen LogP contribution in [0.5, 0.6) is 0 Å². The van der Waals surface area contributed by atoms with Crippen molar-refractivity contribution < 1.29 is 22.7 Å². The molecule has 2 heterocycles. The summed E-state index contributed by atoms with van der Waals surface area (Å²) in [5, 5.41) is 0. The molecule has 0 aliphatic carbocycles. The van der Waals surface area contributed by atoms with Crippen LogP contribution in [0.2, 0.25) is 0 Å². The van der Waals surface area contributed by atoms with Gasteiger partial charge in [-0.3, -0.25) is 14.5 Å². The van der Waals surface area contributed by atoms with Gasteiger partial charge in [0, 0.05) is 18.7 Å². The topological polar surface area (TPSA) is 105 Å². The second kappa shape index (κ2) is 7.06. The van der Waals surface area contributed by atoms with E-state index >= 15 is 0 Å². The number of amidine groups is 1. The van der Waals surface area contributed by atoms with Gasteiger partial charge in [-0.1, -0.05) is 12.1 Å². The first kappa shape index (κ1) is 18.4. The third-order valence-corrected chi connectivity index (χ3v) is 5.78. The van der Waals surface area contributed by atoms with Gasteiger partial charge in [-0.15, -0.1) is 0 Å². The quantitative estimate of drug-likeness (QED) is 0.774. The van der Waals surface area contributed by atoms with Crippen LogP contribution >= 0.6 is 0 Å². The number of nitrogens with zero attached hydrogens (tertiary/aromatic N) is 2. The highest BCUT2D eigenvalue weighted by atomic mass is 32.2. The lowest BCUT2D eigenvalue weighted by atomic mass is 10.2. The van der Waals surface area contributed by atoms with Gasteiger partial charge in [-0.05, 0) is 38.8 Å². The van der Waals surface area contributed by atoms with E-state index in [4.69, 9.17) is 4.74 Å². The maximum absolute atomic E-state index is 12.3. The molecule has 1 aromatic rings. The Labute approximate surface area is 152 Å². The fraction of sp³-hybridized carbons (Fsp3) is 0.471. The van der Waals surface area contributed by atoms with Crippen molar-refractivity contribution in [3.8, 4) is 0 Å². The molecule has 2 aliphatic rings. The molecule has 0 radical (unpaired) electrons. The number of hydrogen-bond donors (Lipinski definition) is 1. The Morgan fingerprint density at radius 2 is 1.85 bits per heavy atom. The van der Waals surface area contributed by atoms with E-state index in [1.807, 2.05) is 0 Å². The predicted octanol–water partition coefficient (Wildman–Crippen LogP) is 0.668. The Bertz CT molecular complexity index is 859. The molecule has 1 fully saturated rings. The number of fused-ring (bicyclic) bond motifs is 1. The highest BCUT2D eigenvalue weighted by Crippen LogP contribution is 2.22. The monoisotopic (exact) mass is 379 g/mol. The van der Waals surface area contributed by atoms with Gasteiger partial charge in [0.15, 0.2) is 6.10 Å². The zero-order valence-corrected chi connectivity index (χ0v) is 15.5. The standard InChI is InChI=1S/C17H21N3O5S/c1-11(17(22)25-12(2)16(21)20-9-5-6-10-20)18-15-13-7-3-4-8-14(13)26(23,24)19-15/h3-4,7-8,11-12H,5-6,9-10H2,1-2H3,(H,18,19). The van der Waals surface area contributed by atoms with E-state index in [1.165, 1.54) is 19.9 Å². The highest BCUT2D eigenvalue weighted by molar-refractivity contribution is 7.90. The van der Waals surface area contributed by atoms with Crippen LogP contribution in [0.4, 0.5) is 0 Å². The molecule has 1 saturated heterocycles. The molecule has 1 N–H and O–H groups in total. The number of likely N-dealkylation sites (tertiary alicyclic amines) is 1. The Kier molecular flexibility index (Phi) is 4.99. The number of benzene rings is 1. The van der Waals surface area contributed by atoms with Crippen LogP contribution in [-0.4, -0.2) is 56.3 Å². The summed E-state index contributed by atoms with van der Waals surface area (Å²) >= 11 is 0. The first-order valence-corrected chi connectivity index (χ1v) is 9.97. The molecular weight excluding hydrogens is 358 g/mol. The number of carbonyl (C=O) groups excluding carboxylic acids is 2. The molecular formula is C17H21N3O5S. The van der Waals surface area contributed by atoms with Crippen molar-refractivity contribution in [3.05, 3.63) is 29.8 Å². The maximum Gasteiger partial charge on any atom is 0.331 e. The number of hydrogen-bond acceptors (Lipinski definition) is 6. The number of esters is 1. The first-order chi connectivity index (χ1) is 12.3. The van der Waals surface area contributed by atoms with Crippen LogP contribution in [0.15, 0.2) is 34.2 Å². The van der Waals surface area contributed by atoms with Crippen molar-refractivity contribution in [2.45, 2.75) is 43.7 Å². The lowest BCUT2D eigenvalue weighted by molar-refractivity contribution is -0.159. The summed E-state index contributed by atoms with van der Waals surface area (Å²) in [6.07, 6.45) is 1.02. The summed E-state index contributed by atoms with van der Waals surface area (Å²) in [6.45, 7) is 4.39. The highest BCUT2D eigenvalue weighted by Gasteiger charge is 2.32. The molecule has 3 rings (SSSR count). The van der Waals surface area contributed by atoms with Crippen LogP contribution < -0.4 is 4.72 Å². The van der Waals surface area contributed by atoms with E-state index in [9.17, 15) is 18.0 Å². The Morgan fingerprint density at radius 1 is 1.19 bits per heavy atom. The molecule has 1 aromatic carbocycles. The maximum atomic E-state index is 12.3. The number of amides is 1. The van der Waals surface area contributed by atoms with E-state index in [0.717, 1.165) is 12.8 Å². The minimum absolute atomic E-state index is 0.101. The van der Waals surface area contributed by atoms with Gasteiger partial charge in [-0.2, -0.15) is 0 Å². The van der Waals surface area contributed by atoms with E-state index in [2.05, 4.69) is 9.71 Å². The van der Waals surface area contributed by atoms with Crippen molar-refractivity contribution in [2.75, 3.05) is 13.1 Å². The molecule has 8 nitrogen and oxygen atoms in total. The molecule has 1 amide bonds. The van der Waals surface area contributed by atoms with Crippen molar-refractivity contribution in [1.29, 1.82) is 0 Å². The Morgan fingerprint density at radius 3 is 2.54 bits per heavy atom. The third-order valence-electron chi connectivity index (χ3n) is 4.39. The number of ether oxygens (including phenoxy) is 1. The average molecular weight is 379 g/mol. The molecule has 9 heteroatoms. The second-order valence-corrected chi connectivity index (χ2v) is 8.02. The van der Waals surface area contributed by atoms with Gasteiger partial charge in [0.05, 0.1) is 4.90 Å². The molecule has 2 atom stereocenters. The number of aliphatic imine (C=N–C) groups is 1. The summed E-state index contributed by atoms with van der Waals surface area (Å²) in [4.78, 5) is 30.4. The van der Waals surface area contributed by atoms with Gasteiger partial charge in [0.2, 0.25) is 0 Å². The van der Waals surface area contributed by atoms with E-state index in [0.29, 0.717) is 18.7 Å². The number of rotatable bonds is 4. The van der Waals surface area contributed by atoms with E-state index in [-0.39, 0.29) is 16.6 Å². The molecule has 140 valence electrons. The third kappa shape index (κ3) is 3.57. The minimum Gasteiger partial charge on any atom is -0.451 e. The van der Waals surface area contributed by atoms with Crippen molar-refractivity contribution >= 4 is 27.7 Å². The number of sulfonamides is 1. The number of carbonyl (C=O) groups is 2. The summed E-state index contributed by atoms with van der Waals surface area (Å²) in [7, 11) is -3.67. The lowest BCUT2D eigenvalue weighted by Crippen LogP contribution is -2.39. The summed E-state index contributed by atoms with van der Waals surface area (Å²) < 4.78 is 31.7. The SMILES string of the molecule is CC(N=C1NS(=O)(=O)c2ccccc21)C(=O)OC(C)C(=O)N1CCCC1. The van der Waals surface area contributed by atoms with Crippen LogP contribution in [0.3, 0.4) is 0 Å². The molecule has 2 unspecified atom stereocenters. The smallest absolute Gasteiger partial charge is 0.331 e. The Hall–Kier alpha value is -2.42. The molecule has 26 heavy (non-hydrogen) atoms. The number of nitrogens with one attached hydrogen (secondary N) is 1. The molecule has 2 aliphatic heterocycles. The Balaban J connectivity index is 1.70. The average Bonchev–Trinajstić information content (AvgIpc) is 3.22. The summed E-state index contributed by atoms with van der Waals surface area (Å²) in [5.74, 6) is -0.799. The van der Waals surface area contributed by atoms with Crippen molar-refractivity contribution in [2.24, 2.45) is 4.99 Å². The van der Waals surface area contributed by atoms with Crippen LogP contribution in [-0.2, 0) is 24.3 Å². The zero-order valence-electron chi connectivity index (χ0n) is 14.6. The first-order valence-electron chi connectivity index (χ1n) is 8.49. The van der Waals surface area contributed by atoms with Crippen LogP contribution in [0.1, 0.15) is 32.3 Å². The van der Waals surface area contributed by atoms with Gasteiger partial charge >= 0.3 is 5.97 Å². The predicted molar refractivity (Wildman–Crippen MR) is 94.1 cm³/mol. The van der Waals surface area contributed by atoms with Gasteiger partial charge in [0.25, 0.3) is 15.9 Å². The van der Waals surface area contributed by atoms with Crippen molar-refractivity contribution in [1.82, 2.24) is 9.62 Å². The van der Waals surface area contributed by atoms with E-state index < -0.39 is 28.1 Å². The minimum atomic E-state index is -3.67. The second-order valence-electron chi connectivity index (χ2n) is 6.37. The van der Waals surface area contributed by atoms with Gasteiger partial charge in [0.1, 0.15) is 11.9 Å². The van der Waals surface area contributed by atoms with Crippen LogP contribution in [0, 0.1) is 0 Å². The van der Waals surface area contributed by atoms with Gasteiger partial charge in [-0.25, -0.2) is 13.2 Å². The van der Waals surface area contributed by atoms with Gasteiger partial charge < -0.3 is 9.64 Å². The molecule has 0 saturated carbocycles. The van der Waals surface area contributed by atoms with Crippen LogP contribution in [0.25, 0.3) is 0 Å². The fourth-order valence-corrected chi connectivity index (χ4v) is 4.23. The largest absolute Gasteiger partial charge is 0.451 e. The summed E-state index contributed by atoms with van der Waals surface area (Å²) in [5.41, 5.74) is 0.411. The van der Waals surface area contributed by atoms with Crippen molar-refractivity contribution in [3.63, 3.8) is 0 Å². The lowest BCUT2D eigenvalue weighted by Gasteiger charge is -2.21. The molecule has 0 bridgehead atoms. The summed E-state index contributed by atoms with van der Waals surface area (Å²) in [6, 6.07) is 5.44. The molecule has 0 spiro atoms. The molecule has 0 aromatic heterocycles. The van der Waals surface area contributed by atoms with E-state index in [1.54, 1.807) is 23.1 Å². The zero-order chi connectivity index (χ0) is 18.9. The fourth-order valence-electron chi connectivity index (χ4n) is 2.99. The normalized spacial score (nSPS) is 21.8.